The van der Waals surface area contributed by atoms with E-state index in [0.717, 1.165) is 4.31 Å². The summed E-state index contributed by atoms with van der Waals surface area (Å²) in [7, 11) is -0.694. The predicted octanol–water partition coefficient (Wildman–Crippen LogP) is -0.562. The quantitative estimate of drug-likeness (QED) is 0.707. The van der Waals surface area contributed by atoms with Crippen molar-refractivity contribution < 1.29 is 23.1 Å². The molecule has 0 aromatic carbocycles. The number of piperidine rings is 1. The molecule has 1 fully saturated rings. The van der Waals surface area contributed by atoms with Crippen LogP contribution in [0.2, 0.25) is 0 Å². The predicted molar refractivity (Wildman–Crippen MR) is 76.8 cm³/mol. The van der Waals surface area contributed by atoms with Gasteiger partial charge in [-0.3, -0.25) is 9.59 Å². The number of amides is 1. The number of hydrogen-bond donors (Lipinski definition) is 1. The van der Waals surface area contributed by atoms with E-state index in [1.807, 2.05) is 0 Å². The monoisotopic (exact) mass is 321 g/mol. The highest BCUT2D eigenvalue weighted by molar-refractivity contribution is 7.86. The summed E-state index contributed by atoms with van der Waals surface area (Å²) in [5, 5.41) is 9.04. The Hall–Kier alpha value is -1.19. The number of carboxylic acid groups (broad SMARTS) is 1. The molecule has 1 aliphatic heterocycles. The van der Waals surface area contributed by atoms with Gasteiger partial charge in [0.15, 0.2) is 0 Å². The third kappa shape index (κ3) is 4.39. The van der Waals surface area contributed by atoms with Crippen LogP contribution in [0.5, 0.6) is 0 Å². The average molecular weight is 321 g/mol. The Bertz CT molecular complexity index is 491. The Morgan fingerprint density at radius 3 is 2.43 bits per heavy atom. The number of hydrogen-bond acceptors (Lipinski definition) is 4. The lowest BCUT2D eigenvalue weighted by atomic mass is 10.0. The molecule has 0 radical (unpaired) electrons. The molecule has 1 heterocycles. The van der Waals surface area contributed by atoms with Crippen molar-refractivity contribution in [2.75, 3.05) is 40.3 Å². The fraction of sp³-hybridized carbons (Fsp3) is 0.833. The van der Waals surface area contributed by atoms with Gasteiger partial charge in [-0.15, -0.1) is 0 Å². The third-order valence-electron chi connectivity index (χ3n) is 3.55. The normalized spacial score (nSPS) is 20.5. The number of nitrogens with zero attached hydrogens (tertiary/aromatic N) is 3. The summed E-state index contributed by atoms with van der Waals surface area (Å²) < 4.78 is 27.3. The van der Waals surface area contributed by atoms with Gasteiger partial charge in [0, 0.05) is 33.7 Å². The minimum Gasteiger partial charge on any atom is -0.481 e. The summed E-state index contributed by atoms with van der Waals surface area (Å²) in [4.78, 5) is 24.1. The zero-order valence-electron chi connectivity index (χ0n) is 12.7. The Morgan fingerprint density at radius 1 is 1.33 bits per heavy atom. The van der Waals surface area contributed by atoms with Crippen molar-refractivity contribution in [3.63, 3.8) is 0 Å². The lowest BCUT2D eigenvalue weighted by Gasteiger charge is -2.33. The molecule has 122 valence electrons. The number of rotatable bonds is 6. The molecule has 0 aromatic rings. The Morgan fingerprint density at radius 2 is 1.95 bits per heavy atom. The summed E-state index contributed by atoms with van der Waals surface area (Å²) in [5.41, 5.74) is 0. The first kappa shape index (κ1) is 17.9. The van der Waals surface area contributed by atoms with Gasteiger partial charge >= 0.3 is 5.97 Å². The molecule has 0 bridgehead atoms. The maximum atomic E-state index is 12.5. The smallest absolute Gasteiger partial charge is 0.307 e. The van der Waals surface area contributed by atoms with Crippen LogP contribution in [0, 0.1) is 5.92 Å². The summed E-state index contributed by atoms with van der Waals surface area (Å²) in [6, 6.07) is 0. The highest BCUT2D eigenvalue weighted by atomic mass is 32.2. The van der Waals surface area contributed by atoms with Crippen molar-refractivity contribution in [1.29, 1.82) is 0 Å². The summed E-state index contributed by atoms with van der Waals surface area (Å²) >= 11 is 0. The van der Waals surface area contributed by atoms with Crippen LogP contribution in [0.25, 0.3) is 0 Å². The molecule has 1 rings (SSSR count). The van der Waals surface area contributed by atoms with Crippen molar-refractivity contribution in [2.24, 2.45) is 5.92 Å². The zero-order valence-corrected chi connectivity index (χ0v) is 13.5. The summed E-state index contributed by atoms with van der Waals surface area (Å²) in [6.45, 7) is 1.83. The van der Waals surface area contributed by atoms with Gasteiger partial charge in [0.05, 0.1) is 12.5 Å². The van der Waals surface area contributed by atoms with Gasteiger partial charge in [0.25, 0.3) is 10.2 Å². The number of carbonyl (C=O) groups is 2. The fourth-order valence-electron chi connectivity index (χ4n) is 2.17. The van der Waals surface area contributed by atoms with Crippen LogP contribution < -0.4 is 0 Å². The zero-order chi connectivity index (χ0) is 16.2. The molecule has 1 saturated heterocycles. The van der Waals surface area contributed by atoms with Gasteiger partial charge in [-0.05, 0) is 12.8 Å². The van der Waals surface area contributed by atoms with Crippen molar-refractivity contribution in [1.82, 2.24) is 13.5 Å². The fourth-order valence-corrected chi connectivity index (χ4v) is 3.82. The highest BCUT2D eigenvalue weighted by Gasteiger charge is 2.36. The Labute approximate surface area is 125 Å². The lowest BCUT2D eigenvalue weighted by Crippen LogP contribution is -2.51. The minimum atomic E-state index is -3.81. The van der Waals surface area contributed by atoms with E-state index >= 15 is 0 Å². The first-order valence-corrected chi connectivity index (χ1v) is 8.28. The van der Waals surface area contributed by atoms with Gasteiger partial charge < -0.3 is 10.0 Å². The molecule has 1 N–H and O–H groups in total. The van der Waals surface area contributed by atoms with Gasteiger partial charge in [0.1, 0.15) is 0 Å². The summed E-state index contributed by atoms with van der Waals surface area (Å²) in [6.07, 6.45) is 0.986. The van der Waals surface area contributed by atoms with Gasteiger partial charge in [-0.2, -0.15) is 17.0 Å². The SMILES string of the molecule is CCN(CC(=O)N(C)C)S(=O)(=O)N1CCCC(C(=O)O)C1. The largest absolute Gasteiger partial charge is 0.481 e. The average Bonchev–Trinajstić information content (AvgIpc) is 2.44. The maximum Gasteiger partial charge on any atom is 0.307 e. The second kappa shape index (κ2) is 7.19. The lowest BCUT2D eigenvalue weighted by molar-refractivity contribution is -0.143. The van der Waals surface area contributed by atoms with E-state index in [2.05, 4.69) is 0 Å². The van der Waals surface area contributed by atoms with Crippen LogP contribution >= 0.6 is 0 Å². The van der Waals surface area contributed by atoms with Crippen molar-refractivity contribution >= 4 is 22.1 Å². The van der Waals surface area contributed by atoms with Crippen molar-refractivity contribution in [3.8, 4) is 0 Å². The molecule has 0 spiro atoms. The standard InChI is InChI=1S/C12H23N3O5S/c1-4-14(9-11(16)13(2)3)21(19,20)15-7-5-6-10(8-15)12(17)18/h10H,4-9H2,1-3H3,(H,17,18). The van der Waals surface area contributed by atoms with Crippen LogP contribution in [-0.4, -0.2) is 79.2 Å². The molecular formula is C12H23N3O5S. The molecule has 8 nitrogen and oxygen atoms in total. The van der Waals surface area contributed by atoms with Gasteiger partial charge in [-0.1, -0.05) is 6.92 Å². The van der Waals surface area contributed by atoms with Crippen LogP contribution in [0.3, 0.4) is 0 Å². The molecule has 1 atom stereocenters. The number of likely N-dealkylation sites (N-methyl/N-ethyl adjacent to an activating group) is 2. The van der Waals surface area contributed by atoms with E-state index in [-0.39, 0.29) is 25.5 Å². The van der Waals surface area contributed by atoms with E-state index in [1.54, 1.807) is 21.0 Å². The first-order valence-electron chi connectivity index (χ1n) is 6.88. The van der Waals surface area contributed by atoms with Crippen LogP contribution in [0.15, 0.2) is 0 Å². The molecular weight excluding hydrogens is 298 g/mol. The number of carboxylic acids is 1. The number of carbonyl (C=O) groups excluding carboxylic acids is 1. The molecule has 0 aromatic heterocycles. The van der Waals surface area contributed by atoms with Crippen LogP contribution in [0.1, 0.15) is 19.8 Å². The van der Waals surface area contributed by atoms with E-state index in [0.29, 0.717) is 19.4 Å². The van der Waals surface area contributed by atoms with Gasteiger partial charge in [0.2, 0.25) is 5.91 Å². The van der Waals surface area contributed by atoms with E-state index in [4.69, 9.17) is 5.11 Å². The van der Waals surface area contributed by atoms with E-state index in [9.17, 15) is 18.0 Å². The second-order valence-corrected chi connectivity index (χ2v) is 7.19. The van der Waals surface area contributed by atoms with Crippen molar-refractivity contribution in [2.45, 2.75) is 19.8 Å². The van der Waals surface area contributed by atoms with Crippen LogP contribution in [0.4, 0.5) is 0 Å². The third-order valence-corrected chi connectivity index (χ3v) is 5.57. The molecule has 1 amide bonds. The molecule has 0 saturated carbocycles. The van der Waals surface area contributed by atoms with Crippen molar-refractivity contribution in [3.05, 3.63) is 0 Å². The topological polar surface area (TPSA) is 98.2 Å². The Kier molecular flexibility index (Phi) is 6.11. The first-order chi connectivity index (χ1) is 9.70. The molecule has 21 heavy (non-hydrogen) atoms. The second-order valence-electron chi connectivity index (χ2n) is 5.26. The summed E-state index contributed by atoms with van der Waals surface area (Å²) in [5.74, 6) is -1.98. The molecule has 0 aliphatic carbocycles. The molecule has 1 aliphatic rings. The van der Waals surface area contributed by atoms with E-state index in [1.165, 1.54) is 9.21 Å². The van der Waals surface area contributed by atoms with E-state index < -0.39 is 22.1 Å². The van der Waals surface area contributed by atoms with Gasteiger partial charge in [-0.25, -0.2) is 0 Å². The maximum absolute atomic E-state index is 12.5. The minimum absolute atomic E-state index is 0.0374. The highest BCUT2D eigenvalue weighted by Crippen LogP contribution is 2.21. The number of aliphatic carboxylic acids is 1. The molecule has 9 heteroatoms. The Balaban J connectivity index is 2.86. The molecule has 1 unspecified atom stereocenters. The van der Waals surface area contributed by atoms with Crippen LogP contribution in [-0.2, 0) is 19.8 Å².